The molecule has 2 aromatic rings. The van der Waals surface area contributed by atoms with E-state index in [9.17, 15) is 9.59 Å². The normalized spacial score (nSPS) is 10.1. The molecule has 1 heterocycles. The lowest BCUT2D eigenvalue weighted by Crippen LogP contribution is -2.28. The highest BCUT2D eigenvalue weighted by Gasteiger charge is 2.11. The first-order valence-electron chi connectivity index (χ1n) is 7.61. The van der Waals surface area contributed by atoms with Gasteiger partial charge in [-0.15, -0.1) is 0 Å². The average molecular weight is 347 g/mol. The van der Waals surface area contributed by atoms with Gasteiger partial charge in [-0.25, -0.2) is 4.79 Å². The molecule has 1 aromatic carbocycles. The Morgan fingerprint density at radius 2 is 1.88 bits per heavy atom. The van der Waals surface area contributed by atoms with Gasteiger partial charge in [0.2, 0.25) is 0 Å². The van der Waals surface area contributed by atoms with E-state index in [0.717, 1.165) is 12.0 Å². The van der Waals surface area contributed by atoms with Gasteiger partial charge < -0.3 is 16.0 Å². The summed E-state index contributed by atoms with van der Waals surface area (Å²) < 4.78 is 0. The Morgan fingerprint density at radius 3 is 2.54 bits per heavy atom. The average Bonchev–Trinajstić information content (AvgIpc) is 2.59. The second kappa shape index (κ2) is 8.88. The number of rotatable bonds is 6. The molecule has 3 amide bonds. The number of halogens is 1. The first kappa shape index (κ1) is 17.7. The summed E-state index contributed by atoms with van der Waals surface area (Å²) in [4.78, 5) is 27.7. The summed E-state index contributed by atoms with van der Waals surface area (Å²) in [7, 11) is 0. The van der Waals surface area contributed by atoms with E-state index in [1.54, 1.807) is 30.6 Å². The predicted molar refractivity (Wildman–Crippen MR) is 94.2 cm³/mol. The minimum Gasteiger partial charge on any atom is -0.352 e. The van der Waals surface area contributed by atoms with E-state index in [1.807, 2.05) is 19.1 Å². The molecule has 2 rings (SSSR count). The van der Waals surface area contributed by atoms with Crippen molar-refractivity contribution in [2.24, 2.45) is 0 Å². The van der Waals surface area contributed by atoms with Crippen LogP contribution in [0.3, 0.4) is 0 Å². The smallest absolute Gasteiger partial charge is 0.319 e. The lowest BCUT2D eigenvalue weighted by molar-refractivity contribution is 0.0954. The van der Waals surface area contributed by atoms with Gasteiger partial charge in [0.25, 0.3) is 5.91 Å². The van der Waals surface area contributed by atoms with Crippen LogP contribution in [0.15, 0.2) is 42.7 Å². The molecule has 7 heteroatoms. The molecule has 0 atom stereocenters. The van der Waals surface area contributed by atoms with Crippen molar-refractivity contribution in [3.63, 3.8) is 0 Å². The molecule has 0 bridgehead atoms. The third-order valence-corrected chi connectivity index (χ3v) is 3.52. The van der Waals surface area contributed by atoms with Gasteiger partial charge in [0, 0.05) is 31.2 Å². The van der Waals surface area contributed by atoms with Gasteiger partial charge in [-0.1, -0.05) is 18.5 Å². The number of amides is 3. The van der Waals surface area contributed by atoms with Crippen LogP contribution in [0.4, 0.5) is 10.5 Å². The van der Waals surface area contributed by atoms with Crippen LogP contribution < -0.4 is 16.0 Å². The van der Waals surface area contributed by atoms with Crippen LogP contribution in [0.25, 0.3) is 0 Å². The summed E-state index contributed by atoms with van der Waals surface area (Å²) in [6.45, 7) is 2.95. The second-order valence-corrected chi connectivity index (χ2v) is 5.52. The minimum atomic E-state index is -0.355. The van der Waals surface area contributed by atoms with Crippen LogP contribution >= 0.6 is 11.6 Å². The fraction of sp³-hybridized carbons (Fsp3) is 0.235. The molecule has 0 radical (unpaired) electrons. The van der Waals surface area contributed by atoms with Crippen LogP contribution in [0.2, 0.25) is 5.02 Å². The van der Waals surface area contributed by atoms with E-state index < -0.39 is 0 Å². The summed E-state index contributed by atoms with van der Waals surface area (Å²) >= 11 is 6.12. The zero-order valence-corrected chi connectivity index (χ0v) is 14.1. The van der Waals surface area contributed by atoms with Crippen molar-refractivity contribution in [3.8, 4) is 0 Å². The van der Waals surface area contributed by atoms with E-state index in [-0.39, 0.29) is 17.0 Å². The van der Waals surface area contributed by atoms with Crippen LogP contribution in [0.1, 0.15) is 29.3 Å². The lowest BCUT2D eigenvalue weighted by Gasteiger charge is -2.10. The number of hydrogen-bond acceptors (Lipinski definition) is 3. The molecule has 1 aromatic heterocycles. The van der Waals surface area contributed by atoms with Crippen LogP contribution in [-0.4, -0.2) is 23.5 Å². The molecular formula is C17H19ClN4O2. The Bertz CT molecular complexity index is 707. The maximum atomic E-state index is 11.9. The van der Waals surface area contributed by atoms with E-state index >= 15 is 0 Å². The monoisotopic (exact) mass is 346 g/mol. The SMILES string of the molecule is CCCNC(=O)c1ccc(NC(=O)NCc2ccncc2)cc1Cl. The van der Waals surface area contributed by atoms with Crippen molar-refractivity contribution < 1.29 is 9.59 Å². The van der Waals surface area contributed by atoms with Crippen LogP contribution in [0.5, 0.6) is 0 Å². The summed E-state index contributed by atoms with van der Waals surface area (Å²) in [5, 5.41) is 8.46. The van der Waals surface area contributed by atoms with Crippen molar-refractivity contribution in [2.75, 3.05) is 11.9 Å². The maximum absolute atomic E-state index is 11.9. The first-order valence-corrected chi connectivity index (χ1v) is 7.99. The molecule has 0 fully saturated rings. The summed E-state index contributed by atoms with van der Waals surface area (Å²) in [6.07, 6.45) is 4.18. The number of urea groups is 1. The van der Waals surface area contributed by atoms with Crippen LogP contribution in [0, 0.1) is 0 Å². The Balaban J connectivity index is 1.91. The van der Waals surface area contributed by atoms with Crippen molar-refractivity contribution in [2.45, 2.75) is 19.9 Å². The molecule has 0 saturated heterocycles. The van der Waals surface area contributed by atoms with Crippen molar-refractivity contribution in [1.82, 2.24) is 15.6 Å². The Kier molecular flexibility index (Phi) is 6.57. The van der Waals surface area contributed by atoms with Gasteiger partial charge in [-0.2, -0.15) is 0 Å². The van der Waals surface area contributed by atoms with E-state index in [1.165, 1.54) is 0 Å². The maximum Gasteiger partial charge on any atom is 0.319 e. The number of nitrogens with zero attached hydrogens (tertiary/aromatic N) is 1. The number of nitrogens with one attached hydrogen (secondary N) is 3. The zero-order valence-electron chi connectivity index (χ0n) is 13.3. The molecule has 0 spiro atoms. The topological polar surface area (TPSA) is 83.1 Å². The largest absolute Gasteiger partial charge is 0.352 e. The number of carbonyl (C=O) groups is 2. The Morgan fingerprint density at radius 1 is 1.12 bits per heavy atom. The molecular weight excluding hydrogens is 328 g/mol. The van der Waals surface area contributed by atoms with Gasteiger partial charge in [0.1, 0.15) is 0 Å². The van der Waals surface area contributed by atoms with Gasteiger partial charge >= 0.3 is 6.03 Å². The van der Waals surface area contributed by atoms with Crippen molar-refractivity contribution >= 4 is 29.2 Å². The number of benzene rings is 1. The summed E-state index contributed by atoms with van der Waals surface area (Å²) in [5.74, 6) is -0.226. The Labute approximate surface area is 145 Å². The molecule has 3 N–H and O–H groups in total. The highest BCUT2D eigenvalue weighted by Crippen LogP contribution is 2.21. The fourth-order valence-corrected chi connectivity index (χ4v) is 2.24. The predicted octanol–water partition coefficient (Wildman–Crippen LogP) is 3.20. The molecule has 24 heavy (non-hydrogen) atoms. The quantitative estimate of drug-likeness (QED) is 0.751. The lowest BCUT2D eigenvalue weighted by atomic mass is 10.2. The number of pyridine rings is 1. The van der Waals surface area contributed by atoms with E-state index in [2.05, 4.69) is 20.9 Å². The van der Waals surface area contributed by atoms with Gasteiger partial charge in [0.05, 0.1) is 10.6 Å². The van der Waals surface area contributed by atoms with E-state index in [4.69, 9.17) is 11.6 Å². The Hall–Kier alpha value is -2.60. The molecule has 0 unspecified atom stereocenters. The standard InChI is InChI=1S/C17H19ClN4O2/c1-2-7-20-16(23)14-4-3-13(10-15(14)18)22-17(24)21-11-12-5-8-19-9-6-12/h3-6,8-10H,2,7,11H2,1H3,(H,20,23)(H2,21,22,24). The molecule has 0 aliphatic heterocycles. The van der Waals surface area contributed by atoms with Gasteiger partial charge in [0.15, 0.2) is 0 Å². The molecule has 0 aliphatic carbocycles. The summed E-state index contributed by atoms with van der Waals surface area (Å²) in [5.41, 5.74) is 1.84. The van der Waals surface area contributed by atoms with E-state index in [0.29, 0.717) is 24.3 Å². The third kappa shape index (κ3) is 5.24. The highest BCUT2D eigenvalue weighted by molar-refractivity contribution is 6.34. The molecule has 0 saturated carbocycles. The first-order chi connectivity index (χ1) is 11.6. The number of anilines is 1. The second-order valence-electron chi connectivity index (χ2n) is 5.11. The molecule has 0 aliphatic rings. The van der Waals surface area contributed by atoms with Crippen molar-refractivity contribution in [1.29, 1.82) is 0 Å². The number of aromatic nitrogens is 1. The van der Waals surface area contributed by atoms with Gasteiger partial charge in [-0.3, -0.25) is 9.78 Å². The van der Waals surface area contributed by atoms with Gasteiger partial charge in [-0.05, 0) is 42.3 Å². The van der Waals surface area contributed by atoms with Crippen molar-refractivity contribution in [3.05, 3.63) is 58.9 Å². The number of hydrogen-bond donors (Lipinski definition) is 3. The highest BCUT2D eigenvalue weighted by atomic mass is 35.5. The zero-order chi connectivity index (χ0) is 17.4. The number of carbonyl (C=O) groups excluding carboxylic acids is 2. The van der Waals surface area contributed by atoms with Crippen LogP contribution in [-0.2, 0) is 6.54 Å². The molecule has 126 valence electrons. The summed E-state index contributed by atoms with van der Waals surface area (Å²) in [6, 6.07) is 8.06. The molecule has 6 nitrogen and oxygen atoms in total. The minimum absolute atomic E-state index is 0.226. The third-order valence-electron chi connectivity index (χ3n) is 3.21. The fourth-order valence-electron chi connectivity index (χ4n) is 1.97.